The molecule has 10 nitrogen and oxygen atoms in total. The number of hydrogen-bond acceptors (Lipinski definition) is 6. The number of amides is 1. The number of aromatic nitrogens is 4. The van der Waals surface area contributed by atoms with Gasteiger partial charge in [0, 0.05) is 30.9 Å². The fourth-order valence-corrected chi connectivity index (χ4v) is 3.75. The number of nitrogens with zero attached hydrogens (tertiary/aromatic N) is 5. The number of nitrogens with one attached hydrogen (secondary N) is 1. The highest BCUT2D eigenvalue weighted by atomic mass is 16.6. The Morgan fingerprint density at radius 1 is 1.12 bits per heavy atom. The zero-order valence-corrected chi connectivity index (χ0v) is 18.2. The average Bonchev–Trinajstić information content (AvgIpc) is 3.11. The van der Waals surface area contributed by atoms with Crippen molar-refractivity contribution in [1.29, 1.82) is 0 Å². The van der Waals surface area contributed by atoms with Gasteiger partial charge in [0.15, 0.2) is 5.69 Å². The van der Waals surface area contributed by atoms with Gasteiger partial charge in [-0.2, -0.15) is 5.10 Å². The Kier molecular flexibility index (Phi) is 5.99. The second kappa shape index (κ2) is 9.03. The summed E-state index contributed by atoms with van der Waals surface area (Å²) >= 11 is 0. The van der Waals surface area contributed by atoms with Gasteiger partial charge in [-0.05, 0) is 38.5 Å². The molecule has 0 aliphatic rings. The van der Waals surface area contributed by atoms with Crippen molar-refractivity contribution in [2.24, 2.45) is 0 Å². The third-order valence-corrected chi connectivity index (χ3v) is 5.32. The Bertz CT molecular complexity index is 1420. The summed E-state index contributed by atoms with van der Waals surface area (Å²) in [6, 6.07) is 15.1. The van der Waals surface area contributed by atoms with Crippen LogP contribution in [0.1, 0.15) is 28.4 Å². The number of carbonyl (C=O) groups excluding carboxylic acids is 1. The van der Waals surface area contributed by atoms with E-state index in [4.69, 9.17) is 0 Å². The summed E-state index contributed by atoms with van der Waals surface area (Å²) in [7, 11) is 0. The standard InChI is InChI=1S/C23H22N6O4/c1-15-14-21(30)22(26-28(15)19-10-5-6-11-20(19)29(32)33)23(31)24-12-7-13-27-16(2)25-17-8-3-4-9-18(17)27/h3-6,8-11,14H,7,12-13H2,1-2H3,(H,24,31). The third-order valence-electron chi connectivity index (χ3n) is 5.32. The van der Waals surface area contributed by atoms with Crippen molar-refractivity contribution in [2.45, 2.75) is 26.8 Å². The van der Waals surface area contributed by atoms with Crippen LogP contribution in [0, 0.1) is 24.0 Å². The predicted molar refractivity (Wildman–Crippen MR) is 123 cm³/mol. The summed E-state index contributed by atoms with van der Waals surface area (Å²) in [6.45, 7) is 4.50. The molecule has 1 N–H and O–H groups in total. The van der Waals surface area contributed by atoms with E-state index >= 15 is 0 Å². The van der Waals surface area contributed by atoms with E-state index in [9.17, 15) is 19.7 Å². The number of para-hydroxylation sites is 4. The highest BCUT2D eigenvalue weighted by molar-refractivity contribution is 5.92. The normalized spacial score (nSPS) is 11.0. The third kappa shape index (κ3) is 4.36. The topological polar surface area (TPSA) is 125 Å². The van der Waals surface area contributed by atoms with Crippen molar-refractivity contribution in [3.8, 4) is 5.69 Å². The van der Waals surface area contributed by atoms with Gasteiger partial charge < -0.3 is 9.88 Å². The molecule has 0 aliphatic carbocycles. The maximum atomic E-state index is 12.7. The number of nitro benzene ring substituents is 1. The first-order chi connectivity index (χ1) is 15.9. The summed E-state index contributed by atoms with van der Waals surface area (Å²) in [5.74, 6) is 0.259. The fourth-order valence-electron chi connectivity index (χ4n) is 3.75. The highest BCUT2D eigenvalue weighted by Gasteiger charge is 2.20. The highest BCUT2D eigenvalue weighted by Crippen LogP contribution is 2.22. The van der Waals surface area contributed by atoms with Crippen molar-refractivity contribution in [3.63, 3.8) is 0 Å². The molecule has 10 heteroatoms. The summed E-state index contributed by atoms with van der Waals surface area (Å²) < 4.78 is 3.32. The monoisotopic (exact) mass is 446 g/mol. The fraction of sp³-hybridized carbons (Fsp3) is 0.217. The van der Waals surface area contributed by atoms with Gasteiger partial charge in [-0.1, -0.05) is 24.3 Å². The number of aryl methyl sites for hydroxylation is 3. The number of rotatable bonds is 7. The minimum atomic E-state index is -0.625. The van der Waals surface area contributed by atoms with Crippen LogP contribution in [-0.2, 0) is 6.54 Å². The Morgan fingerprint density at radius 3 is 2.64 bits per heavy atom. The molecule has 0 bridgehead atoms. The van der Waals surface area contributed by atoms with Gasteiger partial charge in [-0.25, -0.2) is 9.67 Å². The molecule has 0 fully saturated rings. The number of carbonyl (C=O) groups is 1. The van der Waals surface area contributed by atoms with Crippen LogP contribution in [-0.4, -0.2) is 36.7 Å². The summed E-state index contributed by atoms with van der Waals surface area (Å²) in [5, 5.41) is 18.3. The van der Waals surface area contributed by atoms with E-state index in [1.165, 1.54) is 28.9 Å². The number of benzene rings is 2. The molecule has 0 saturated carbocycles. The van der Waals surface area contributed by atoms with Gasteiger partial charge >= 0.3 is 0 Å². The van der Waals surface area contributed by atoms with Crippen LogP contribution in [0.3, 0.4) is 0 Å². The van der Waals surface area contributed by atoms with E-state index in [0.29, 0.717) is 25.2 Å². The minimum absolute atomic E-state index is 0.175. The second-order valence-corrected chi connectivity index (χ2v) is 7.57. The Labute approximate surface area is 188 Å². The van der Waals surface area contributed by atoms with Crippen LogP contribution in [0.5, 0.6) is 0 Å². The Balaban J connectivity index is 1.50. The SMILES string of the molecule is Cc1cc(=O)c(C(=O)NCCCn2c(C)nc3ccccc32)nn1-c1ccccc1[N+](=O)[O-]. The van der Waals surface area contributed by atoms with E-state index in [0.717, 1.165) is 16.9 Å². The lowest BCUT2D eigenvalue weighted by Crippen LogP contribution is -2.33. The maximum Gasteiger partial charge on any atom is 0.294 e. The maximum absolute atomic E-state index is 12.7. The van der Waals surface area contributed by atoms with Crippen molar-refractivity contribution in [2.75, 3.05) is 6.54 Å². The van der Waals surface area contributed by atoms with Crippen LogP contribution in [0.25, 0.3) is 16.7 Å². The molecule has 4 aromatic rings. The molecule has 0 saturated heterocycles. The first-order valence-corrected chi connectivity index (χ1v) is 10.4. The quantitative estimate of drug-likeness (QED) is 0.264. The molecule has 0 aliphatic heterocycles. The summed E-state index contributed by atoms with van der Waals surface area (Å²) in [4.78, 5) is 40.5. The lowest BCUT2D eigenvalue weighted by atomic mass is 10.2. The first kappa shape index (κ1) is 21.9. The summed E-state index contributed by atoms with van der Waals surface area (Å²) in [6.07, 6.45) is 0.622. The lowest BCUT2D eigenvalue weighted by Gasteiger charge is -2.12. The number of hydrogen-bond donors (Lipinski definition) is 1. The van der Waals surface area contributed by atoms with Gasteiger partial charge in [0.1, 0.15) is 11.5 Å². The van der Waals surface area contributed by atoms with Gasteiger partial charge in [0.05, 0.1) is 16.0 Å². The molecule has 33 heavy (non-hydrogen) atoms. The van der Waals surface area contributed by atoms with E-state index < -0.39 is 16.3 Å². The molecule has 0 radical (unpaired) electrons. The van der Waals surface area contributed by atoms with Crippen molar-refractivity contribution in [1.82, 2.24) is 24.6 Å². The molecule has 0 unspecified atom stereocenters. The van der Waals surface area contributed by atoms with Crippen molar-refractivity contribution in [3.05, 3.63) is 92.1 Å². The molecule has 168 valence electrons. The zero-order chi connectivity index (χ0) is 23.5. The predicted octanol–water partition coefficient (Wildman–Crippen LogP) is 2.93. The molecule has 0 spiro atoms. The van der Waals surface area contributed by atoms with Crippen LogP contribution >= 0.6 is 0 Å². The molecule has 2 aromatic carbocycles. The van der Waals surface area contributed by atoms with Crippen LogP contribution in [0.2, 0.25) is 0 Å². The number of imidazole rings is 1. The largest absolute Gasteiger partial charge is 0.350 e. The van der Waals surface area contributed by atoms with E-state index in [1.54, 1.807) is 13.0 Å². The molecule has 2 aromatic heterocycles. The van der Waals surface area contributed by atoms with Gasteiger partial charge in [-0.3, -0.25) is 19.7 Å². The molecule has 4 rings (SSSR count). The van der Waals surface area contributed by atoms with Crippen LogP contribution < -0.4 is 10.7 Å². The zero-order valence-electron chi connectivity index (χ0n) is 18.2. The smallest absolute Gasteiger partial charge is 0.294 e. The minimum Gasteiger partial charge on any atom is -0.350 e. The average molecular weight is 446 g/mol. The van der Waals surface area contributed by atoms with E-state index in [2.05, 4.69) is 20.0 Å². The molecule has 1 amide bonds. The Hall–Kier alpha value is -4.34. The Morgan fingerprint density at radius 2 is 1.85 bits per heavy atom. The van der Waals surface area contributed by atoms with E-state index in [-0.39, 0.29) is 17.1 Å². The van der Waals surface area contributed by atoms with Crippen molar-refractivity contribution >= 4 is 22.6 Å². The first-order valence-electron chi connectivity index (χ1n) is 10.4. The molecular formula is C23H22N6O4. The van der Waals surface area contributed by atoms with Crippen LogP contribution in [0.15, 0.2) is 59.4 Å². The lowest BCUT2D eigenvalue weighted by molar-refractivity contribution is -0.384. The second-order valence-electron chi connectivity index (χ2n) is 7.57. The van der Waals surface area contributed by atoms with E-state index in [1.807, 2.05) is 31.2 Å². The van der Waals surface area contributed by atoms with Crippen LogP contribution in [0.4, 0.5) is 5.69 Å². The molecular weight excluding hydrogens is 424 g/mol. The number of nitro groups is 1. The number of fused-ring (bicyclic) bond motifs is 1. The summed E-state index contributed by atoms with van der Waals surface area (Å²) in [5.41, 5.74) is 1.46. The van der Waals surface area contributed by atoms with Crippen molar-refractivity contribution < 1.29 is 9.72 Å². The van der Waals surface area contributed by atoms with Gasteiger partial charge in [-0.15, -0.1) is 0 Å². The molecule has 0 atom stereocenters. The van der Waals surface area contributed by atoms with Gasteiger partial charge in [0.25, 0.3) is 11.6 Å². The molecule has 2 heterocycles. The van der Waals surface area contributed by atoms with Gasteiger partial charge in [0.2, 0.25) is 5.43 Å².